The third-order valence-corrected chi connectivity index (χ3v) is 22.4. The standard InChI is InChI=1S/C89H118N18O18S/c1-11-12-32-69-87(123)104(7)49-75(111)96-65(43-72(91)108)83(119)102-78(53(4)5)89(125)106(9)70(40-55-26-18-14-19-27-55)84(120)100-67(44-77(113)114)85(121)103(6)48-74(110)95-64(42-59-46-93-61-31-23-22-30-60(59)61)82(118)99-63(38-57-33-35-58(45-90)36-34-57)81(117)98-62(37-52(2)3)80(116)101-68(79(115)94-47-73(92)109)50-126-51-76(112)97-66(39-54-24-16-13-17-25-54)86(122)107(10)71(88(124)105(69)8)41-56-28-20-15-21-29-56/h13-31,33-36,46,52-53,62-71,78,93H,11-12,32,37-45,47-51,90H2,1-10H3,(H2,91,108)(H2,92,109)(H,94,115)(H,95,110)(H,96,111)(H,97,112)(H,98,117)(H,99,118)(H,100,120)(H,101,116)(H,102,119)(H,113,114)/t62-,63-,64-,65+,66-,67-,68-,69-,70-,71-,78-/m0/s1. The van der Waals surface area contributed by atoms with E-state index in [2.05, 4.69) is 52.8 Å². The molecular weight excluding hydrogens is 1640 g/mol. The van der Waals surface area contributed by atoms with Crippen LogP contribution in [0.25, 0.3) is 10.9 Å². The number of fused-ring (bicyclic) bond motifs is 1. The van der Waals surface area contributed by atoms with Gasteiger partial charge in [-0.25, -0.2) is 0 Å². The van der Waals surface area contributed by atoms with Crippen LogP contribution in [0.15, 0.2) is 146 Å². The average Bonchev–Trinajstić information content (AvgIpc) is 1.03. The highest BCUT2D eigenvalue weighted by Crippen LogP contribution is 2.24. The molecule has 0 saturated carbocycles. The molecule has 0 aliphatic carbocycles. The molecule has 2 heterocycles. The summed E-state index contributed by atoms with van der Waals surface area (Å²) in [4.78, 5) is 254. The van der Waals surface area contributed by atoms with Gasteiger partial charge in [-0.1, -0.05) is 181 Å². The van der Waals surface area contributed by atoms with Gasteiger partial charge in [0.25, 0.3) is 0 Å². The summed E-state index contributed by atoms with van der Waals surface area (Å²) in [5, 5.41) is 34.5. The maximum Gasteiger partial charge on any atom is 0.305 e. The summed E-state index contributed by atoms with van der Waals surface area (Å²) in [5.74, 6) is -18.7. The van der Waals surface area contributed by atoms with E-state index in [4.69, 9.17) is 17.2 Å². The van der Waals surface area contributed by atoms with E-state index in [1.807, 2.05) is 6.92 Å². The Morgan fingerprint density at radius 3 is 1.50 bits per heavy atom. The highest BCUT2D eigenvalue weighted by molar-refractivity contribution is 8.00. The fourth-order valence-corrected chi connectivity index (χ4v) is 15.3. The minimum Gasteiger partial charge on any atom is -0.481 e. The van der Waals surface area contributed by atoms with Crippen molar-refractivity contribution in [1.82, 2.24) is 77.3 Å². The number of rotatable bonds is 24. The summed E-state index contributed by atoms with van der Waals surface area (Å²) >= 11 is 0.833. The SMILES string of the molecule is CCCC[C@H]1C(=O)N(C)CC(=O)N[C@H](CC(N)=O)C(=O)N[C@@H](C(C)C)C(=O)N(C)[C@@H](Cc2ccccc2)C(=O)N[C@@H](CC(=O)O)C(=O)N(C)CC(=O)N[C@@H](Cc2c[nH]c3ccccc23)C(=O)N[C@@H](Cc2ccc(CN)cc2)C(=O)N[C@@H](CC(C)C)C(=O)N[C@H](C(=O)NCC(N)=O)CSCC(=O)N[C@@H](Cc2ccccc2)C(=O)N(C)[C@@H](Cc2ccccc2)C(=O)N1C. The van der Waals surface area contributed by atoms with Gasteiger partial charge in [0, 0.05) is 96.7 Å². The zero-order valence-corrected chi connectivity index (χ0v) is 73.5. The predicted octanol–water partition coefficient (Wildman–Crippen LogP) is 0.00680. The molecule has 6 aromatic rings. The monoisotopic (exact) mass is 1760 g/mol. The van der Waals surface area contributed by atoms with Crippen LogP contribution >= 0.6 is 11.8 Å². The lowest BCUT2D eigenvalue weighted by molar-refractivity contribution is -0.151. The lowest BCUT2D eigenvalue weighted by atomic mass is 9.98. The van der Waals surface area contributed by atoms with Crippen molar-refractivity contribution in [2.45, 2.75) is 178 Å². The zero-order valence-electron chi connectivity index (χ0n) is 72.6. The maximum atomic E-state index is 15.5. The number of hydrogen-bond acceptors (Lipinski definition) is 19. The van der Waals surface area contributed by atoms with Crippen molar-refractivity contribution in [1.29, 1.82) is 0 Å². The average molecular weight is 1760 g/mol. The number of amides is 16. The molecule has 678 valence electrons. The third-order valence-electron chi connectivity index (χ3n) is 21.4. The van der Waals surface area contributed by atoms with E-state index in [0.717, 1.165) is 33.5 Å². The number of nitrogens with zero attached hydrogens (tertiary/aromatic N) is 5. The minimum atomic E-state index is -1.95. The summed E-state index contributed by atoms with van der Waals surface area (Å²) in [7, 11) is 6.36. The number of aromatic amines is 1. The number of likely N-dealkylation sites (N-methyl/N-ethyl adjacent to an activating group) is 5. The molecule has 1 aliphatic rings. The number of aliphatic carboxylic acids is 1. The Balaban J connectivity index is 1.32. The van der Waals surface area contributed by atoms with E-state index in [1.54, 1.807) is 173 Å². The highest BCUT2D eigenvalue weighted by Gasteiger charge is 2.42. The number of hydrogen-bond donors (Lipinski definition) is 14. The van der Waals surface area contributed by atoms with Gasteiger partial charge < -0.3 is 99.6 Å². The number of carboxylic acid groups (broad SMARTS) is 1. The highest BCUT2D eigenvalue weighted by atomic mass is 32.2. The first-order chi connectivity index (χ1) is 59.9. The van der Waals surface area contributed by atoms with Crippen molar-refractivity contribution in [2.75, 3.05) is 66.4 Å². The number of aromatic nitrogens is 1. The molecule has 1 aromatic heterocycles. The van der Waals surface area contributed by atoms with E-state index in [-0.39, 0.29) is 63.2 Å². The van der Waals surface area contributed by atoms with Gasteiger partial charge in [-0.05, 0) is 64.1 Å². The molecule has 37 heteroatoms. The van der Waals surface area contributed by atoms with Crippen molar-refractivity contribution < 1.29 is 86.6 Å². The molecule has 1 fully saturated rings. The first-order valence-corrected chi connectivity index (χ1v) is 42.8. The number of unbranched alkanes of at least 4 members (excludes halogenated alkanes) is 1. The number of carbonyl (C=O) groups excluding carboxylic acids is 16. The Morgan fingerprint density at radius 1 is 0.468 bits per heavy atom. The number of para-hydroxylation sites is 1. The van der Waals surface area contributed by atoms with E-state index < -0.39 is 211 Å². The molecule has 0 unspecified atom stereocenters. The fourth-order valence-electron chi connectivity index (χ4n) is 14.5. The number of primary amides is 2. The van der Waals surface area contributed by atoms with Gasteiger partial charge >= 0.3 is 5.97 Å². The molecule has 0 spiro atoms. The van der Waals surface area contributed by atoms with Crippen LogP contribution in [-0.4, -0.2) is 268 Å². The second kappa shape index (κ2) is 48.8. The van der Waals surface area contributed by atoms with Crippen molar-refractivity contribution >= 4 is 123 Å². The molecule has 5 aromatic carbocycles. The summed E-state index contributed by atoms with van der Waals surface area (Å²) in [6.45, 7) is 6.22. The van der Waals surface area contributed by atoms with E-state index >= 15 is 28.8 Å². The van der Waals surface area contributed by atoms with Crippen LogP contribution < -0.4 is 65.1 Å². The van der Waals surface area contributed by atoms with Crippen LogP contribution in [-0.2, 0) is 120 Å². The summed E-state index contributed by atoms with van der Waals surface area (Å²) in [6.07, 6.45) is -0.508. The Bertz CT molecular complexity index is 4810. The second-order valence-corrected chi connectivity index (χ2v) is 33.2. The third kappa shape index (κ3) is 30.4. The van der Waals surface area contributed by atoms with Crippen LogP contribution in [0.3, 0.4) is 0 Å². The van der Waals surface area contributed by atoms with Crippen LogP contribution in [0, 0.1) is 11.8 Å². The summed E-state index contributed by atoms with van der Waals surface area (Å²) in [5.41, 5.74) is 21.1. The topological polar surface area (TPSA) is 529 Å². The van der Waals surface area contributed by atoms with Gasteiger partial charge in [0.1, 0.15) is 66.5 Å². The molecule has 1 aliphatic heterocycles. The maximum absolute atomic E-state index is 15.5. The van der Waals surface area contributed by atoms with Crippen LogP contribution in [0.1, 0.15) is 107 Å². The van der Waals surface area contributed by atoms with Gasteiger partial charge in [-0.3, -0.25) is 81.5 Å². The number of carbonyl (C=O) groups is 17. The molecule has 11 atom stereocenters. The van der Waals surface area contributed by atoms with Crippen LogP contribution in [0.2, 0.25) is 0 Å². The molecule has 126 heavy (non-hydrogen) atoms. The molecule has 7 rings (SSSR count). The largest absolute Gasteiger partial charge is 0.481 e. The molecule has 0 bridgehead atoms. The Kier molecular flexibility index (Phi) is 38.8. The second-order valence-electron chi connectivity index (χ2n) is 32.2. The quantitative estimate of drug-likeness (QED) is 0.0379. The molecule has 36 nitrogen and oxygen atoms in total. The number of thioether (sulfide) groups is 1. The fraction of sp³-hybridized carbons (Fsp3) is 0.449. The van der Waals surface area contributed by atoms with Crippen LogP contribution in [0.5, 0.6) is 0 Å². The predicted molar refractivity (Wildman–Crippen MR) is 470 cm³/mol. The molecule has 16 amide bonds. The van der Waals surface area contributed by atoms with Gasteiger partial charge in [0.15, 0.2) is 0 Å². The Labute approximate surface area is 736 Å². The summed E-state index contributed by atoms with van der Waals surface area (Å²) < 4.78 is 0. The van der Waals surface area contributed by atoms with Gasteiger partial charge in [0.05, 0.1) is 38.2 Å². The molecule has 17 N–H and O–H groups in total. The number of H-pyrrole nitrogens is 1. The molecule has 1 saturated heterocycles. The zero-order chi connectivity index (χ0) is 92.6. The minimum absolute atomic E-state index is 0.0383. The molecular formula is C89H118N18O18S. The number of carboxylic acids is 1. The van der Waals surface area contributed by atoms with E-state index in [1.165, 1.54) is 38.0 Å². The van der Waals surface area contributed by atoms with Gasteiger partial charge in [0.2, 0.25) is 94.5 Å². The summed E-state index contributed by atoms with van der Waals surface area (Å²) in [6, 6.07) is 22.1. The Morgan fingerprint density at radius 2 is 0.944 bits per heavy atom. The number of nitrogens with two attached hydrogens (primary N) is 3. The van der Waals surface area contributed by atoms with E-state index in [9.17, 15) is 57.8 Å². The Hall–Kier alpha value is -13.1. The molecule has 0 radical (unpaired) electrons. The number of benzene rings is 5. The van der Waals surface area contributed by atoms with Crippen molar-refractivity contribution in [3.05, 3.63) is 179 Å². The van der Waals surface area contributed by atoms with Crippen LogP contribution in [0.4, 0.5) is 0 Å². The van der Waals surface area contributed by atoms with E-state index in [0.29, 0.717) is 57.1 Å². The normalized spacial score (nSPS) is 22.2. The van der Waals surface area contributed by atoms with Gasteiger partial charge in [-0.2, -0.15) is 0 Å². The van der Waals surface area contributed by atoms with Crippen molar-refractivity contribution in [3.63, 3.8) is 0 Å². The smallest absolute Gasteiger partial charge is 0.305 e. The lowest BCUT2D eigenvalue weighted by Crippen LogP contribution is -2.61. The van der Waals surface area contributed by atoms with Crippen molar-refractivity contribution in [2.24, 2.45) is 29.0 Å². The number of nitrogens with one attached hydrogen (secondary N) is 10. The first kappa shape index (κ1) is 100. The van der Waals surface area contributed by atoms with Crippen molar-refractivity contribution in [3.8, 4) is 0 Å². The lowest BCUT2D eigenvalue weighted by Gasteiger charge is -2.37. The van der Waals surface area contributed by atoms with Gasteiger partial charge in [-0.15, -0.1) is 11.8 Å². The first-order valence-electron chi connectivity index (χ1n) is 41.6.